The minimum Gasteiger partial charge on any atom is -0.360 e. The van der Waals surface area contributed by atoms with Gasteiger partial charge in [0.1, 0.15) is 5.76 Å². The van der Waals surface area contributed by atoms with Crippen LogP contribution in [0.3, 0.4) is 0 Å². The predicted molar refractivity (Wildman–Crippen MR) is 106 cm³/mol. The quantitative estimate of drug-likeness (QED) is 0.860. The second-order valence-electron chi connectivity index (χ2n) is 8.40. The number of nitrogens with zero attached hydrogens (tertiary/aromatic N) is 2. The van der Waals surface area contributed by atoms with E-state index in [2.05, 4.69) is 31.2 Å². The molecule has 0 aliphatic heterocycles. The van der Waals surface area contributed by atoms with Crippen LogP contribution in [0.5, 0.6) is 0 Å². The van der Waals surface area contributed by atoms with Crippen LogP contribution in [0.4, 0.5) is 5.82 Å². The van der Waals surface area contributed by atoms with Crippen LogP contribution in [0, 0.1) is 18.3 Å². The summed E-state index contributed by atoms with van der Waals surface area (Å²) < 4.78 is 4.92. The maximum absolute atomic E-state index is 12.8. The fourth-order valence-electron chi connectivity index (χ4n) is 3.45. The van der Waals surface area contributed by atoms with Crippen molar-refractivity contribution >= 4 is 29.0 Å². The number of carbonyl (C=O) groups is 2. The number of anilines is 1. The highest BCUT2D eigenvalue weighted by Crippen LogP contribution is 2.40. The van der Waals surface area contributed by atoms with Gasteiger partial charge in [0.2, 0.25) is 5.91 Å². The lowest BCUT2D eigenvalue weighted by atomic mass is 9.72. The molecule has 0 fully saturated rings. The molecule has 0 aromatic carbocycles. The number of fused-ring (bicyclic) bond motifs is 1. The molecule has 2 amide bonds. The Labute approximate surface area is 163 Å². The summed E-state index contributed by atoms with van der Waals surface area (Å²) in [4.78, 5) is 28.4. The van der Waals surface area contributed by atoms with E-state index in [1.807, 2.05) is 6.07 Å². The Hall–Kier alpha value is -2.15. The molecule has 0 spiro atoms. The molecule has 0 bridgehead atoms. The maximum atomic E-state index is 12.8. The van der Waals surface area contributed by atoms with E-state index in [-0.39, 0.29) is 23.8 Å². The molecule has 1 aliphatic rings. The number of nitrogens with one attached hydrogen (secondary N) is 1. The lowest BCUT2D eigenvalue weighted by Crippen LogP contribution is -2.34. The summed E-state index contributed by atoms with van der Waals surface area (Å²) in [7, 11) is 1.65. The number of aryl methyl sites for hydroxylation is 2. The number of rotatable bonds is 4. The largest absolute Gasteiger partial charge is 0.360 e. The highest BCUT2D eigenvalue weighted by molar-refractivity contribution is 7.14. The second kappa shape index (κ2) is 7.46. The molecule has 0 saturated heterocycles. The summed E-state index contributed by atoms with van der Waals surface area (Å²) in [5, 5.41) is 6.37. The van der Waals surface area contributed by atoms with Crippen LogP contribution in [-0.2, 0) is 17.6 Å². The Morgan fingerprint density at radius 1 is 1.37 bits per heavy atom. The minimum atomic E-state index is -0.298. The Kier molecular flexibility index (Phi) is 5.42. The molecule has 1 aliphatic carbocycles. The van der Waals surface area contributed by atoms with Crippen molar-refractivity contribution in [1.29, 1.82) is 0 Å². The summed E-state index contributed by atoms with van der Waals surface area (Å²) in [6.07, 6.45) is 3.23. The van der Waals surface area contributed by atoms with Gasteiger partial charge in [-0.05, 0) is 49.1 Å². The molecule has 1 unspecified atom stereocenters. The molecule has 3 rings (SSSR count). The van der Waals surface area contributed by atoms with Crippen molar-refractivity contribution in [3.63, 3.8) is 0 Å². The first-order chi connectivity index (χ1) is 12.6. The van der Waals surface area contributed by atoms with Crippen molar-refractivity contribution in [3.05, 3.63) is 33.2 Å². The van der Waals surface area contributed by atoms with E-state index in [1.54, 1.807) is 31.4 Å². The summed E-state index contributed by atoms with van der Waals surface area (Å²) in [6, 6.07) is 3.66. The summed E-state index contributed by atoms with van der Waals surface area (Å²) >= 11 is 1.57. The van der Waals surface area contributed by atoms with Gasteiger partial charge in [0.25, 0.3) is 5.91 Å². The number of amides is 2. The first kappa shape index (κ1) is 19.6. The van der Waals surface area contributed by atoms with E-state index in [9.17, 15) is 9.59 Å². The zero-order valence-corrected chi connectivity index (χ0v) is 17.4. The van der Waals surface area contributed by atoms with Crippen LogP contribution in [0.2, 0.25) is 0 Å². The van der Waals surface area contributed by atoms with E-state index in [1.165, 1.54) is 21.8 Å². The van der Waals surface area contributed by atoms with Gasteiger partial charge in [-0.2, -0.15) is 0 Å². The molecular formula is C20H27N3O3S. The summed E-state index contributed by atoms with van der Waals surface area (Å²) in [6.45, 7) is 8.57. The van der Waals surface area contributed by atoms with Crippen LogP contribution in [0.1, 0.15) is 53.1 Å². The zero-order chi connectivity index (χ0) is 19.8. The molecule has 146 valence electrons. The van der Waals surface area contributed by atoms with Crippen molar-refractivity contribution in [1.82, 2.24) is 10.1 Å². The van der Waals surface area contributed by atoms with Crippen molar-refractivity contribution in [3.8, 4) is 0 Å². The average Bonchev–Trinajstić information content (AvgIpc) is 3.18. The van der Waals surface area contributed by atoms with Gasteiger partial charge in [0, 0.05) is 18.0 Å². The number of aromatic nitrogens is 1. The molecular weight excluding hydrogens is 362 g/mol. The third-order valence-corrected chi connectivity index (χ3v) is 6.37. The third kappa shape index (κ3) is 4.58. The number of thiophene rings is 1. The van der Waals surface area contributed by atoms with Gasteiger partial charge in [-0.15, -0.1) is 11.3 Å². The van der Waals surface area contributed by atoms with Gasteiger partial charge in [-0.3, -0.25) is 9.59 Å². The topological polar surface area (TPSA) is 75.4 Å². The average molecular weight is 390 g/mol. The number of likely N-dealkylation sites (N-methyl/N-ethyl adjacent to an activating group) is 1. The molecule has 2 aromatic heterocycles. The second-order valence-corrected chi connectivity index (χ2v) is 9.53. The van der Waals surface area contributed by atoms with Crippen LogP contribution in [-0.4, -0.2) is 35.5 Å². The van der Waals surface area contributed by atoms with Crippen molar-refractivity contribution in [2.45, 2.75) is 47.0 Å². The fourth-order valence-corrected chi connectivity index (χ4v) is 4.65. The molecule has 1 atom stereocenters. The van der Waals surface area contributed by atoms with Crippen LogP contribution < -0.4 is 5.32 Å². The number of carbonyl (C=O) groups excluding carboxylic acids is 2. The zero-order valence-electron chi connectivity index (χ0n) is 16.6. The Morgan fingerprint density at radius 3 is 2.74 bits per heavy atom. The smallest absolute Gasteiger partial charge is 0.264 e. The van der Waals surface area contributed by atoms with Gasteiger partial charge < -0.3 is 14.7 Å². The fraction of sp³-hybridized carbons (Fsp3) is 0.550. The molecule has 1 N–H and O–H groups in total. The third-order valence-electron chi connectivity index (χ3n) is 5.14. The minimum absolute atomic E-state index is 0.0298. The maximum Gasteiger partial charge on any atom is 0.264 e. The van der Waals surface area contributed by atoms with Gasteiger partial charge in [-0.25, -0.2) is 0 Å². The Balaban J connectivity index is 1.62. The molecule has 0 saturated carbocycles. The van der Waals surface area contributed by atoms with Crippen LogP contribution in [0.15, 0.2) is 16.7 Å². The summed E-state index contributed by atoms with van der Waals surface area (Å²) in [5.41, 5.74) is 1.57. The first-order valence-corrected chi connectivity index (χ1v) is 10.1. The highest BCUT2D eigenvalue weighted by atomic mass is 32.1. The van der Waals surface area contributed by atoms with E-state index >= 15 is 0 Å². The first-order valence-electron chi connectivity index (χ1n) is 9.23. The molecule has 2 heterocycles. The van der Waals surface area contributed by atoms with Crippen molar-refractivity contribution < 1.29 is 14.1 Å². The molecule has 7 heteroatoms. The van der Waals surface area contributed by atoms with E-state index in [0.29, 0.717) is 22.4 Å². The predicted octanol–water partition coefficient (Wildman–Crippen LogP) is 3.91. The monoisotopic (exact) mass is 389 g/mol. The standard InChI is InChI=1S/C20H27N3O3S/c1-12-8-17(22-26-12)21-18(24)11-23(5)19(25)16-10-13-9-14(20(2,3)4)6-7-15(13)27-16/h8,10,14H,6-7,9,11H2,1-5H3,(H,21,22,24). The Morgan fingerprint density at radius 2 is 2.11 bits per heavy atom. The van der Waals surface area contributed by atoms with Crippen LogP contribution >= 0.6 is 11.3 Å². The highest BCUT2D eigenvalue weighted by Gasteiger charge is 2.31. The van der Waals surface area contributed by atoms with Gasteiger partial charge >= 0.3 is 0 Å². The van der Waals surface area contributed by atoms with E-state index < -0.39 is 0 Å². The van der Waals surface area contributed by atoms with Crippen molar-refractivity contribution in [2.24, 2.45) is 11.3 Å². The number of hydrogen-bond donors (Lipinski definition) is 1. The normalized spacial score (nSPS) is 16.7. The lowest BCUT2D eigenvalue weighted by Gasteiger charge is -2.33. The van der Waals surface area contributed by atoms with Crippen LogP contribution in [0.25, 0.3) is 0 Å². The molecule has 0 radical (unpaired) electrons. The Bertz CT molecular complexity index is 847. The molecule has 6 nitrogen and oxygen atoms in total. The number of hydrogen-bond acceptors (Lipinski definition) is 5. The SMILES string of the molecule is Cc1cc(NC(=O)CN(C)C(=O)c2cc3c(s2)CCC(C(C)(C)C)C3)no1. The van der Waals surface area contributed by atoms with Crippen molar-refractivity contribution in [2.75, 3.05) is 18.9 Å². The molecule has 2 aromatic rings. The van der Waals surface area contributed by atoms with E-state index in [4.69, 9.17) is 4.52 Å². The summed E-state index contributed by atoms with van der Waals surface area (Å²) in [5.74, 6) is 1.20. The van der Waals surface area contributed by atoms with Gasteiger partial charge in [-0.1, -0.05) is 25.9 Å². The van der Waals surface area contributed by atoms with Gasteiger partial charge in [0.05, 0.1) is 11.4 Å². The lowest BCUT2D eigenvalue weighted by molar-refractivity contribution is -0.116. The van der Waals surface area contributed by atoms with Gasteiger partial charge in [0.15, 0.2) is 5.82 Å². The van der Waals surface area contributed by atoms with E-state index in [0.717, 1.165) is 12.8 Å². The molecule has 27 heavy (non-hydrogen) atoms.